The van der Waals surface area contributed by atoms with Crippen LogP contribution < -0.4 is 0 Å². The number of ether oxygens (including phenoxy) is 1. The average molecular weight is 203 g/mol. The summed E-state index contributed by atoms with van der Waals surface area (Å²) in [6, 6.07) is -0.807. The van der Waals surface area contributed by atoms with Crippen molar-refractivity contribution in [3.63, 3.8) is 0 Å². The predicted molar refractivity (Wildman–Crippen MR) is 51.5 cm³/mol. The van der Waals surface area contributed by atoms with Crippen LogP contribution in [0.3, 0.4) is 0 Å². The number of hydrogen-bond donors (Lipinski definition) is 0. The molecule has 0 aliphatic carbocycles. The largest absolute Gasteiger partial charge is 0.455 e. The first-order valence-corrected chi connectivity index (χ1v) is 4.70. The molecule has 0 saturated heterocycles. The Morgan fingerprint density at radius 3 is 2.21 bits per heavy atom. The van der Waals surface area contributed by atoms with E-state index in [2.05, 4.69) is 0 Å². The van der Waals surface area contributed by atoms with E-state index in [4.69, 9.17) is 4.74 Å². The first kappa shape index (κ1) is 12.9. The third-order valence-corrected chi connectivity index (χ3v) is 2.03. The van der Waals surface area contributed by atoms with Crippen molar-refractivity contribution in [2.45, 2.75) is 46.3 Å². The first-order valence-electron chi connectivity index (χ1n) is 4.70. The molecule has 0 unspecified atom stereocenters. The van der Waals surface area contributed by atoms with Crippen molar-refractivity contribution in [3.8, 4) is 0 Å². The van der Waals surface area contributed by atoms with Crippen molar-refractivity contribution < 1.29 is 14.5 Å². The van der Waals surface area contributed by atoms with Crippen LogP contribution in [0.15, 0.2) is 0 Å². The molecular weight excluding hydrogens is 186 g/mol. The number of carbonyl (C=O) groups excluding carboxylic acids is 1. The minimum atomic E-state index is -0.807. The molecule has 0 spiro atoms. The Labute approximate surface area is 83.6 Å². The van der Waals surface area contributed by atoms with Gasteiger partial charge in [0.25, 0.3) is 0 Å². The summed E-state index contributed by atoms with van der Waals surface area (Å²) in [4.78, 5) is 21.0. The third-order valence-electron chi connectivity index (χ3n) is 2.03. The fourth-order valence-electron chi connectivity index (χ4n) is 1.35. The van der Waals surface area contributed by atoms with Crippen molar-refractivity contribution >= 4 is 5.97 Å². The highest BCUT2D eigenvalue weighted by Gasteiger charge is 2.34. The van der Waals surface area contributed by atoms with E-state index in [1.165, 1.54) is 6.92 Å². The van der Waals surface area contributed by atoms with Gasteiger partial charge in [-0.2, -0.15) is 0 Å². The van der Waals surface area contributed by atoms with Gasteiger partial charge in [0.1, 0.15) is 0 Å². The molecule has 0 aromatic carbocycles. The lowest BCUT2D eigenvalue weighted by atomic mass is 9.98. The van der Waals surface area contributed by atoms with E-state index in [1.54, 1.807) is 20.8 Å². The SMILES string of the molecule is CC[C@@H]([C@H](OC(C)=O)C(C)C)[N+](=O)[O-]. The molecule has 5 nitrogen and oxygen atoms in total. The van der Waals surface area contributed by atoms with E-state index in [9.17, 15) is 14.9 Å². The average Bonchev–Trinajstić information content (AvgIpc) is 2.02. The highest BCUT2D eigenvalue weighted by atomic mass is 16.6. The topological polar surface area (TPSA) is 69.4 Å². The van der Waals surface area contributed by atoms with E-state index in [0.717, 1.165) is 0 Å². The second kappa shape index (κ2) is 5.57. The Hall–Kier alpha value is -1.13. The van der Waals surface area contributed by atoms with Gasteiger partial charge in [0.05, 0.1) is 0 Å². The number of nitrogens with zero attached hydrogens (tertiary/aromatic N) is 1. The minimum absolute atomic E-state index is 0.0470. The molecule has 0 aromatic heterocycles. The number of rotatable bonds is 5. The quantitative estimate of drug-likeness (QED) is 0.387. The fraction of sp³-hybridized carbons (Fsp3) is 0.889. The van der Waals surface area contributed by atoms with Crippen LogP contribution in [0, 0.1) is 16.0 Å². The maximum absolute atomic E-state index is 10.8. The zero-order valence-electron chi connectivity index (χ0n) is 9.02. The molecule has 5 heteroatoms. The van der Waals surface area contributed by atoms with Crippen molar-refractivity contribution in [3.05, 3.63) is 10.1 Å². The van der Waals surface area contributed by atoms with Crippen LogP contribution in [0.1, 0.15) is 34.1 Å². The van der Waals surface area contributed by atoms with Crippen LogP contribution in [0.5, 0.6) is 0 Å². The molecule has 82 valence electrons. The molecule has 0 radical (unpaired) electrons. The van der Waals surface area contributed by atoms with Crippen molar-refractivity contribution in [1.82, 2.24) is 0 Å². The molecule has 0 amide bonds. The van der Waals surface area contributed by atoms with Crippen molar-refractivity contribution in [2.75, 3.05) is 0 Å². The lowest BCUT2D eigenvalue weighted by Gasteiger charge is -2.22. The number of hydrogen-bond acceptors (Lipinski definition) is 4. The van der Waals surface area contributed by atoms with Gasteiger partial charge in [-0.05, 0) is 5.92 Å². The Kier molecular flexibility index (Phi) is 5.12. The highest BCUT2D eigenvalue weighted by molar-refractivity contribution is 5.66. The van der Waals surface area contributed by atoms with Gasteiger partial charge in [-0.25, -0.2) is 0 Å². The summed E-state index contributed by atoms with van der Waals surface area (Å²) in [5.41, 5.74) is 0. The molecule has 0 aromatic rings. The number of nitro groups is 1. The molecule has 0 aliphatic heterocycles. The standard InChI is InChI=1S/C9H17NO4/c1-5-8(10(12)13)9(6(2)3)14-7(4)11/h6,8-9H,5H2,1-4H3/t8-,9+/m0/s1. The zero-order chi connectivity index (χ0) is 11.3. The van der Waals surface area contributed by atoms with Gasteiger partial charge in [-0.3, -0.25) is 14.9 Å². The smallest absolute Gasteiger partial charge is 0.303 e. The van der Waals surface area contributed by atoms with Gasteiger partial charge in [-0.1, -0.05) is 20.8 Å². The lowest BCUT2D eigenvalue weighted by Crippen LogP contribution is -2.40. The van der Waals surface area contributed by atoms with Crippen LogP contribution in [0.2, 0.25) is 0 Å². The molecule has 0 fully saturated rings. The van der Waals surface area contributed by atoms with Gasteiger partial charge in [0.15, 0.2) is 6.10 Å². The Morgan fingerprint density at radius 1 is 1.50 bits per heavy atom. The van der Waals surface area contributed by atoms with Gasteiger partial charge in [0, 0.05) is 18.3 Å². The van der Waals surface area contributed by atoms with Crippen molar-refractivity contribution in [1.29, 1.82) is 0 Å². The molecule has 0 rings (SSSR count). The van der Waals surface area contributed by atoms with Crippen molar-refractivity contribution in [2.24, 2.45) is 5.92 Å². The minimum Gasteiger partial charge on any atom is -0.455 e. The fourth-order valence-corrected chi connectivity index (χ4v) is 1.35. The summed E-state index contributed by atoms with van der Waals surface area (Å²) in [6.45, 7) is 6.59. The molecule has 0 saturated carbocycles. The molecular formula is C9H17NO4. The van der Waals surface area contributed by atoms with E-state index in [1.807, 2.05) is 0 Å². The number of esters is 1. The van der Waals surface area contributed by atoms with E-state index < -0.39 is 18.1 Å². The van der Waals surface area contributed by atoms with E-state index >= 15 is 0 Å². The molecule has 0 heterocycles. The van der Waals surface area contributed by atoms with Crippen LogP contribution in [0.4, 0.5) is 0 Å². The van der Waals surface area contributed by atoms with Crippen LogP contribution in [-0.4, -0.2) is 23.0 Å². The second-order valence-electron chi connectivity index (χ2n) is 3.58. The third kappa shape index (κ3) is 3.72. The van der Waals surface area contributed by atoms with Gasteiger partial charge < -0.3 is 4.74 Å². The van der Waals surface area contributed by atoms with E-state index in [-0.39, 0.29) is 10.8 Å². The summed E-state index contributed by atoms with van der Waals surface area (Å²) < 4.78 is 4.95. The Morgan fingerprint density at radius 2 is 2.00 bits per heavy atom. The number of carbonyl (C=O) groups is 1. The zero-order valence-corrected chi connectivity index (χ0v) is 9.02. The summed E-state index contributed by atoms with van der Waals surface area (Å²) in [5.74, 6) is -0.516. The molecule has 0 bridgehead atoms. The maximum Gasteiger partial charge on any atom is 0.303 e. The van der Waals surface area contributed by atoms with Gasteiger partial charge >= 0.3 is 5.97 Å². The molecule has 0 aliphatic rings. The molecule has 0 N–H and O–H groups in total. The summed E-state index contributed by atoms with van der Waals surface area (Å²) >= 11 is 0. The monoisotopic (exact) mass is 203 g/mol. The van der Waals surface area contributed by atoms with E-state index in [0.29, 0.717) is 6.42 Å². The van der Waals surface area contributed by atoms with Crippen LogP contribution >= 0.6 is 0 Å². The summed E-state index contributed by atoms with van der Waals surface area (Å²) in [6.07, 6.45) is -0.268. The first-order chi connectivity index (χ1) is 6.40. The highest BCUT2D eigenvalue weighted by Crippen LogP contribution is 2.16. The maximum atomic E-state index is 10.8. The summed E-state index contributed by atoms with van der Waals surface area (Å²) in [7, 11) is 0. The predicted octanol–water partition coefficient (Wildman–Crippen LogP) is 1.63. The molecule has 2 atom stereocenters. The van der Waals surface area contributed by atoms with Crippen LogP contribution in [0.25, 0.3) is 0 Å². The van der Waals surface area contributed by atoms with Gasteiger partial charge in [-0.15, -0.1) is 0 Å². The molecule has 14 heavy (non-hydrogen) atoms. The van der Waals surface area contributed by atoms with Gasteiger partial charge in [0.2, 0.25) is 6.04 Å². The second-order valence-corrected chi connectivity index (χ2v) is 3.58. The summed E-state index contributed by atoms with van der Waals surface area (Å²) in [5, 5.41) is 10.7. The Bertz CT molecular complexity index is 215. The van der Waals surface area contributed by atoms with Crippen LogP contribution in [-0.2, 0) is 9.53 Å². The Balaban J connectivity index is 4.60. The normalized spacial score (nSPS) is 14.9. The lowest BCUT2D eigenvalue weighted by molar-refractivity contribution is -0.536.